The second-order valence-corrected chi connectivity index (χ2v) is 4.79. The van der Waals surface area contributed by atoms with E-state index in [1.807, 2.05) is 20.8 Å². The number of halogens is 1. The summed E-state index contributed by atoms with van der Waals surface area (Å²) in [5.41, 5.74) is 9.47. The summed E-state index contributed by atoms with van der Waals surface area (Å²) in [6.45, 7) is 6.04. The van der Waals surface area contributed by atoms with E-state index in [2.05, 4.69) is 21.9 Å². The highest BCUT2D eigenvalue weighted by molar-refractivity contribution is 6.30. The topological polar surface area (TPSA) is 48.8 Å². The average Bonchev–Trinajstić information content (AvgIpc) is 2.17. The monoisotopic (exact) mass is 233 g/mol. The Labute approximate surface area is 100 Å². The maximum atomic E-state index is 8.42. The Hall–Kier alpha value is -1.62. The Balaban J connectivity index is 3.24. The molecule has 4 heteroatoms. The Morgan fingerprint density at radius 1 is 1.38 bits per heavy atom. The second-order valence-electron chi connectivity index (χ2n) is 4.35. The normalized spacial score (nSPS) is 10.0. The summed E-state index contributed by atoms with van der Waals surface area (Å²) in [6, 6.07) is 5.03. The van der Waals surface area contributed by atoms with E-state index in [9.17, 15) is 0 Å². The molecular weight excluding hydrogens is 222 g/mol. The number of hydrogen-bond donors (Lipinski definition) is 0. The molecule has 1 rings (SSSR count). The molecule has 0 spiro atoms. The maximum Gasteiger partial charge on any atom is 0.0532 e. The third kappa shape index (κ3) is 3.86. The van der Waals surface area contributed by atoms with E-state index in [-0.39, 0.29) is 5.41 Å². The number of benzene rings is 1. The molecule has 0 aromatic heterocycles. The summed E-state index contributed by atoms with van der Waals surface area (Å²) < 4.78 is 0. The van der Waals surface area contributed by atoms with Crippen molar-refractivity contribution in [3.8, 4) is 11.8 Å². The lowest BCUT2D eigenvalue weighted by Crippen LogP contribution is -1.99. The fraction of sp³-hybridized carbons (Fsp3) is 0.333. The van der Waals surface area contributed by atoms with Crippen LogP contribution >= 0.6 is 11.6 Å². The Kier molecular flexibility index (Phi) is 3.84. The zero-order valence-electron chi connectivity index (χ0n) is 9.45. The van der Waals surface area contributed by atoms with Crippen LogP contribution in [0.4, 0.5) is 5.69 Å². The van der Waals surface area contributed by atoms with Gasteiger partial charge in [-0.05, 0) is 44.5 Å². The zero-order chi connectivity index (χ0) is 12.2. The first kappa shape index (κ1) is 12.4. The molecular formula is C12H12ClN3. The van der Waals surface area contributed by atoms with Crippen LogP contribution in [0.5, 0.6) is 0 Å². The molecule has 0 saturated carbocycles. The van der Waals surface area contributed by atoms with Crippen LogP contribution in [0.2, 0.25) is 5.02 Å². The quantitative estimate of drug-likeness (QED) is 0.293. The standard InChI is InChI=1S/C12H12ClN3/c1-12(2,3)7-6-9-8-10(13)4-5-11(9)15-16-14/h4-5,8H,1-3H3. The van der Waals surface area contributed by atoms with Crippen molar-refractivity contribution in [2.45, 2.75) is 20.8 Å². The Morgan fingerprint density at radius 2 is 2.06 bits per heavy atom. The molecule has 82 valence electrons. The van der Waals surface area contributed by atoms with E-state index in [0.717, 1.165) is 0 Å². The highest BCUT2D eigenvalue weighted by Crippen LogP contribution is 2.23. The first-order valence-electron chi connectivity index (χ1n) is 4.80. The van der Waals surface area contributed by atoms with Crippen molar-refractivity contribution < 1.29 is 0 Å². The fourth-order valence-corrected chi connectivity index (χ4v) is 1.17. The Morgan fingerprint density at radius 3 is 2.62 bits per heavy atom. The van der Waals surface area contributed by atoms with Crippen molar-refractivity contribution in [3.05, 3.63) is 39.2 Å². The predicted molar refractivity (Wildman–Crippen MR) is 66.6 cm³/mol. The number of azide groups is 1. The molecule has 0 radical (unpaired) electrons. The largest absolute Gasteiger partial charge is 0.0919 e. The van der Waals surface area contributed by atoms with Crippen LogP contribution in [-0.2, 0) is 0 Å². The lowest BCUT2D eigenvalue weighted by molar-refractivity contribution is 0.571. The number of nitrogens with zero attached hydrogens (tertiary/aromatic N) is 3. The van der Waals surface area contributed by atoms with Crippen LogP contribution in [0.25, 0.3) is 10.4 Å². The molecule has 0 aliphatic rings. The van der Waals surface area contributed by atoms with Crippen LogP contribution in [-0.4, -0.2) is 0 Å². The number of hydrogen-bond acceptors (Lipinski definition) is 1. The SMILES string of the molecule is CC(C)(C)C#Cc1cc(Cl)ccc1N=[N+]=[N-]. The minimum atomic E-state index is -0.101. The highest BCUT2D eigenvalue weighted by Gasteiger charge is 2.04. The minimum Gasteiger partial charge on any atom is -0.0919 e. The van der Waals surface area contributed by atoms with Crippen molar-refractivity contribution >= 4 is 17.3 Å². The van der Waals surface area contributed by atoms with Crippen molar-refractivity contribution in [2.24, 2.45) is 10.5 Å². The molecule has 0 aliphatic heterocycles. The third-order valence-electron chi connectivity index (χ3n) is 1.68. The smallest absolute Gasteiger partial charge is 0.0532 e. The molecule has 3 nitrogen and oxygen atoms in total. The molecule has 0 unspecified atom stereocenters. The van der Waals surface area contributed by atoms with Gasteiger partial charge in [0.05, 0.1) is 5.69 Å². The number of rotatable bonds is 1. The van der Waals surface area contributed by atoms with Gasteiger partial charge in [0.15, 0.2) is 0 Å². The van der Waals surface area contributed by atoms with Gasteiger partial charge in [-0.1, -0.05) is 28.6 Å². The molecule has 0 saturated heterocycles. The van der Waals surface area contributed by atoms with Crippen LogP contribution in [0, 0.1) is 17.3 Å². The molecule has 16 heavy (non-hydrogen) atoms. The molecule has 1 aromatic carbocycles. The lowest BCUT2D eigenvalue weighted by Gasteiger charge is -2.07. The molecule has 1 aromatic rings. The summed E-state index contributed by atoms with van der Waals surface area (Å²) in [5.74, 6) is 6.05. The van der Waals surface area contributed by atoms with Gasteiger partial charge in [0.2, 0.25) is 0 Å². The summed E-state index contributed by atoms with van der Waals surface area (Å²) >= 11 is 5.86. The summed E-state index contributed by atoms with van der Waals surface area (Å²) in [7, 11) is 0. The highest BCUT2D eigenvalue weighted by atomic mass is 35.5. The van der Waals surface area contributed by atoms with Crippen LogP contribution < -0.4 is 0 Å². The molecule has 0 aliphatic carbocycles. The molecule has 0 fully saturated rings. The third-order valence-corrected chi connectivity index (χ3v) is 1.92. The van der Waals surface area contributed by atoms with E-state index in [0.29, 0.717) is 16.3 Å². The van der Waals surface area contributed by atoms with Gasteiger partial charge in [-0.15, -0.1) is 0 Å². The zero-order valence-corrected chi connectivity index (χ0v) is 10.2. The second kappa shape index (κ2) is 4.94. The van der Waals surface area contributed by atoms with E-state index < -0.39 is 0 Å². The van der Waals surface area contributed by atoms with Crippen LogP contribution in [0.1, 0.15) is 26.3 Å². The van der Waals surface area contributed by atoms with Gasteiger partial charge in [0.25, 0.3) is 0 Å². The van der Waals surface area contributed by atoms with E-state index in [1.165, 1.54) is 0 Å². The maximum absolute atomic E-state index is 8.42. The van der Waals surface area contributed by atoms with Gasteiger partial charge >= 0.3 is 0 Å². The van der Waals surface area contributed by atoms with Gasteiger partial charge < -0.3 is 0 Å². The van der Waals surface area contributed by atoms with Gasteiger partial charge in [0.1, 0.15) is 0 Å². The van der Waals surface area contributed by atoms with Gasteiger partial charge in [-0.25, -0.2) is 0 Å². The van der Waals surface area contributed by atoms with Gasteiger partial charge in [-0.2, -0.15) is 0 Å². The molecule has 0 bridgehead atoms. The van der Waals surface area contributed by atoms with Crippen molar-refractivity contribution in [1.82, 2.24) is 0 Å². The van der Waals surface area contributed by atoms with Gasteiger partial charge in [-0.3, -0.25) is 0 Å². The van der Waals surface area contributed by atoms with Crippen molar-refractivity contribution in [2.75, 3.05) is 0 Å². The first-order chi connectivity index (χ1) is 7.42. The summed E-state index contributed by atoms with van der Waals surface area (Å²) in [6.07, 6.45) is 0. The van der Waals surface area contributed by atoms with Crippen molar-refractivity contribution in [1.29, 1.82) is 0 Å². The van der Waals surface area contributed by atoms with Crippen LogP contribution in [0.3, 0.4) is 0 Å². The van der Waals surface area contributed by atoms with Gasteiger partial charge in [0, 0.05) is 20.9 Å². The summed E-state index contributed by atoms with van der Waals surface area (Å²) in [4.78, 5) is 2.75. The van der Waals surface area contributed by atoms with Crippen molar-refractivity contribution in [3.63, 3.8) is 0 Å². The average molecular weight is 234 g/mol. The van der Waals surface area contributed by atoms with Crippen LogP contribution in [0.15, 0.2) is 23.3 Å². The van der Waals surface area contributed by atoms with E-state index in [1.54, 1.807) is 18.2 Å². The minimum absolute atomic E-state index is 0.101. The molecule has 0 N–H and O–H groups in total. The molecule has 0 atom stereocenters. The predicted octanol–water partition coefficient (Wildman–Crippen LogP) is 4.68. The molecule has 0 amide bonds. The van der Waals surface area contributed by atoms with E-state index in [4.69, 9.17) is 17.1 Å². The fourth-order valence-electron chi connectivity index (χ4n) is 0.999. The Bertz CT molecular complexity index is 497. The lowest BCUT2D eigenvalue weighted by atomic mass is 9.97. The molecule has 0 heterocycles. The first-order valence-corrected chi connectivity index (χ1v) is 5.18. The summed E-state index contributed by atoms with van der Waals surface area (Å²) in [5, 5.41) is 4.15. The van der Waals surface area contributed by atoms with E-state index >= 15 is 0 Å².